The number of nitrogens with zero attached hydrogens (tertiary/aromatic N) is 1. The predicted molar refractivity (Wildman–Crippen MR) is 79.1 cm³/mol. The average Bonchev–Trinajstić information content (AvgIpc) is 2.72. The lowest BCUT2D eigenvalue weighted by Crippen LogP contribution is -2.06. The number of aromatic nitrogens is 1. The van der Waals surface area contributed by atoms with Gasteiger partial charge in [-0.1, -0.05) is 13.8 Å². The third kappa shape index (κ3) is 3.19. The van der Waals surface area contributed by atoms with E-state index in [1.165, 1.54) is 10.9 Å². The van der Waals surface area contributed by atoms with Crippen LogP contribution in [0.4, 0.5) is 4.39 Å². The molecule has 0 saturated carbocycles. The first-order valence-corrected chi connectivity index (χ1v) is 7.24. The van der Waals surface area contributed by atoms with E-state index in [1.54, 1.807) is 17.4 Å². The quantitative estimate of drug-likeness (QED) is 0.910. The van der Waals surface area contributed by atoms with Crippen LogP contribution in [-0.2, 0) is 6.54 Å². The molecule has 0 amide bonds. The summed E-state index contributed by atoms with van der Waals surface area (Å²) in [5.41, 5.74) is 2.90. The van der Waals surface area contributed by atoms with E-state index in [4.69, 9.17) is 4.98 Å². The molecule has 0 aliphatic heterocycles. The Kier molecular flexibility index (Phi) is 4.32. The van der Waals surface area contributed by atoms with Crippen LogP contribution in [0.3, 0.4) is 0 Å². The van der Waals surface area contributed by atoms with Crippen molar-refractivity contribution in [2.75, 3.05) is 7.05 Å². The second-order valence-corrected chi connectivity index (χ2v) is 6.11. The van der Waals surface area contributed by atoms with E-state index in [0.29, 0.717) is 5.92 Å². The largest absolute Gasteiger partial charge is 0.315 e. The highest BCUT2D eigenvalue weighted by atomic mass is 32.1. The van der Waals surface area contributed by atoms with Gasteiger partial charge in [-0.2, -0.15) is 0 Å². The molecule has 1 N–H and O–H groups in total. The summed E-state index contributed by atoms with van der Waals surface area (Å²) in [5.74, 6) is 0.175. The van der Waals surface area contributed by atoms with Crippen LogP contribution >= 0.6 is 11.3 Å². The SMILES string of the molecule is CNCc1sc(-c2cc(C)cc(F)c2)nc1C(C)C. The molecule has 2 aromatic rings. The molecular weight excluding hydrogens is 259 g/mol. The van der Waals surface area contributed by atoms with Crippen LogP contribution in [0.25, 0.3) is 10.6 Å². The van der Waals surface area contributed by atoms with E-state index in [-0.39, 0.29) is 5.82 Å². The van der Waals surface area contributed by atoms with Crippen molar-refractivity contribution in [3.63, 3.8) is 0 Å². The lowest BCUT2D eigenvalue weighted by atomic mass is 10.1. The highest BCUT2D eigenvalue weighted by Crippen LogP contribution is 2.32. The van der Waals surface area contributed by atoms with Crippen molar-refractivity contribution in [2.45, 2.75) is 33.2 Å². The smallest absolute Gasteiger partial charge is 0.124 e. The number of rotatable bonds is 4. The van der Waals surface area contributed by atoms with Crippen molar-refractivity contribution < 1.29 is 4.39 Å². The zero-order chi connectivity index (χ0) is 14.0. The molecule has 0 aliphatic carbocycles. The van der Waals surface area contributed by atoms with Crippen molar-refractivity contribution in [1.29, 1.82) is 0 Å². The maximum atomic E-state index is 13.5. The minimum atomic E-state index is -0.202. The first-order valence-electron chi connectivity index (χ1n) is 6.43. The van der Waals surface area contributed by atoms with Crippen LogP contribution in [0.2, 0.25) is 0 Å². The molecule has 0 atom stereocenters. The molecule has 19 heavy (non-hydrogen) atoms. The number of hydrogen-bond acceptors (Lipinski definition) is 3. The van der Waals surface area contributed by atoms with Gasteiger partial charge in [-0.15, -0.1) is 11.3 Å². The molecule has 0 aliphatic rings. The normalized spacial score (nSPS) is 11.3. The molecule has 0 bridgehead atoms. The van der Waals surface area contributed by atoms with Crippen LogP contribution in [0.15, 0.2) is 18.2 Å². The Labute approximate surface area is 117 Å². The van der Waals surface area contributed by atoms with Gasteiger partial charge in [0.05, 0.1) is 5.69 Å². The minimum absolute atomic E-state index is 0.202. The molecule has 2 rings (SSSR count). The van der Waals surface area contributed by atoms with Crippen LogP contribution in [0.5, 0.6) is 0 Å². The number of benzene rings is 1. The van der Waals surface area contributed by atoms with Gasteiger partial charge < -0.3 is 5.32 Å². The highest BCUT2D eigenvalue weighted by molar-refractivity contribution is 7.15. The van der Waals surface area contributed by atoms with Crippen molar-refractivity contribution in [3.8, 4) is 10.6 Å². The van der Waals surface area contributed by atoms with Crippen molar-refractivity contribution in [1.82, 2.24) is 10.3 Å². The molecule has 4 heteroatoms. The summed E-state index contributed by atoms with van der Waals surface area (Å²) in [6.45, 7) is 6.97. The molecule has 0 saturated heterocycles. The Morgan fingerprint density at radius 1 is 1.32 bits per heavy atom. The Morgan fingerprint density at radius 3 is 2.63 bits per heavy atom. The predicted octanol–water partition coefficient (Wildman–Crippen LogP) is 4.10. The van der Waals surface area contributed by atoms with Crippen LogP contribution in [0, 0.1) is 12.7 Å². The number of halogens is 1. The fraction of sp³-hybridized carbons (Fsp3) is 0.400. The molecule has 0 fully saturated rings. The maximum absolute atomic E-state index is 13.5. The van der Waals surface area contributed by atoms with E-state index in [0.717, 1.165) is 28.4 Å². The van der Waals surface area contributed by atoms with Crippen molar-refractivity contribution >= 4 is 11.3 Å². The van der Waals surface area contributed by atoms with Gasteiger partial charge in [0.25, 0.3) is 0 Å². The van der Waals surface area contributed by atoms with Crippen LogP contribution in [-0.4, -0.2) is 12.0 Å². The van der Waals surface area contributed by atoms with Crippen molar-refractivity contribution in [2.24, 2.45) is 0 Å². The molecule has 2 nitrogen and oxygen atoms in total. The summed E-state index contributed by atoms with van der Waals surface area (Å²) < 4.78 is 13.5. The fourth-order valence-corrected chi connectivity index (χ4v) is 3.30. The molecule has 102 valence electrons. The van der Waals surface area contributed by atoms with E-state index < -0.39 is 0 Å². The number of aryl methyl sites for hydroxylation is 1. The molecule has 1 aromatic heterocycles. The van der Waals surface area contributed by atoms with Gasteiger partial charge in [0.15, 0.2) is 0 Å². The van der Waals surface area contributed by atoms with E-state index >= 15 is 0 Å². The molecule has 0 spiro atoms. The molecule has 1 heterocycles. The first-order chi connectivity index (χ1) is 9.01. The van der Waals surface area contributed by atoms with Gasteiger partial charge in [-0.3, -0.25) is 0 Å². The van der Waals surface area contributed by atoms with E-state index in [2.05, 4.69) is 19.2 Å². The average molecular weight is 278 g/mol. The summed E-state index contributed by atoms with van der Waals surface area (Å²) in [5, 5.41) is 4.06. The number of thiazole rings is 1. The zero-order valence-electron chi connectivity index (χ0n) is 11.7. The van der Waals surface area contributed by atoms with Gasteiger partial charge in [0, 0.05) is 17.0 Å². The van der Waals surface area contributed by atoms with Crippen molar-refractivity contribution in [3.05, 3.63) is 40.2 Å². The zero-order valence-corrected chi connectivity index (χ0v) is 12.6. The van der Waals surface area contributed by atoms with E-state index in [9.17, 15) is 4.39 Å². The van der Waals surface area contributed by atoms with Gasteiger partial charge in [0.1, 0.15) is 10.8 Å². The Morgan fingerprint density at radius 2 is 2.05 bits per heavy atom. The number of hydrogen-bond donors (Lipinski definition) is 1. The summed E-state index contributed by atoms with van der Waals surface area (Å²) in [7, 11) is 1.93. The van der Waals surface area contributed by atoms with Crippen LogP contribution < -0.4 is 5.32 Å². The minimum Gasteiger partial charge on any atom is -0.315 e. The summed E-state index contributed by atoms with van der Waals surface area (Å²) in [6.07, 6.45) is 0. The lowest BCUT2D eigenvalue weighted by Gasteiger charge is -2.03. The van der Waals surface area contributed by atoms with Crippen LogP contribution in [0.1, 0.15) is 35.9 Å². The summed E-state index contributed by atoms with van der Waals surface area (Å²) in [6, 6.07) is 5.07. The maximum Gasteiger partial charge on any atom is 0.124 e. The summed E-state index contributed by atoms with van der Waals surface area (Å²) >= 11 is 1.64. The third-order valence-electron chi connectivity index (χ3n) is 2.90. The Balaban J connectivity index is 2.47. The second-order valence-electron chi connectivity index (χ2n) is 5.03. The monoisotopic (exact) mass is 278 g/mol. The lowest BCUT2D eigenvalue weighted by molar-refractivity contribution is 0.627. The fourth-order valence-electron chi connectivity index (χ4n) is 2.09. The van der Waals surface area contributed by atoms with Gasteiger partial charge in [0.2, 0.25) is 0 Å². The van der Waals surface area contributed by atoms with Gasteiger partial charge in [-0.05, 0) is 43.7 Å². The standard InChI is InChI=1S/C15H19FN2S/c1-9(2)14-13(8-17-4)19-15(18-14)11-5-10(3)6-12(16)7-11/h5-7,9,17H,8H2,1-4H3. The Hall–Kier alpha value is -1.26. The Bertz CT molecular complexity index is 555. The summed E-state index contributed by atoms with van der Waals surface area (Å²) in [4.78, 5) is 5.92. The highest BCUT2D eigenvalue weighted by Gasteiger charge is 2.15. The molecule has 1 aromatic carbocycles. The molecule has 0 radical (unpaired) electrons. The first kappa shape index (κ1) is 14.2. The van der Waals surface area contributed by atoms with Gasteiger partial charge >= 0.3 is 0 Å². The second kappa shape index (κ2) is 5.80. The van der Waals surface area contributed by atoms with E-state index in [1.807, 2.05) is 20.0 Å². The van der Waals surface area contributed by atoms with Gasteiger partial charge in [-0.25, -0.2) is 9.37 Å². The topological polar surface area (TPSA) is 24.9 Å². The molecular formula is C15H19FN2S. The number of nitrogens with one attached hydrogen (secondary N) is 1. The third-order valence-corrected chi connectivity index (χ3v) is 4.02. The molecule has 0 unspecified atom stereocenters.